The first kappa shape index (κ1) is 15.4. The van der Waals surface area contributed by atoms with Gasteiger partial charge in [0.25, 0.3) is 0 Å². The van der Waals surface area contributed by atoms with Gasteiger partial charge in [-0.25, -0.2) is 0 Å². The third-order valence-electron chi connectivity index (χ3n) is 3.70. The maximum absolute atomic E-state index is 12.2. The van der Waals surface area contributed by atoms with Crippen molar-refractivity contribution in [2.24, 2.45) is 0 Å². The number of hydrogen-bond donors (Lipinski definition) is 0. The second kappa shape index (κ2) is 7.67. The summed E-state index contributed by atoms with van der Waals surface area (Å²) in [5.74, 6) is 1.05. The maximum Gasteiger partial charge on any atom is 0.226 e. The molecular weight excluding hydrogens is 318 g/mol. The summed E-state index contributed by atoms with van der Waals surface area (Å²) in [6, 6.07) is 8.28. The highest BCUT2D eigenvalue weighted by Crippen LogP contribution is 2.20. The van der Waals surface area contributed by atoms with Crippen LogP contribution in [0, 0.1) is 6.92 Å². The standard InChI is InChI=1S/C16H22BrNO2/c1-13-5-4-7-15(11-13)20-10-8-16(19)18-9-3-2-6-14(18)12-17/h4-5,7,11,14H,2-3,6,8-10,12H2,1H3. The first-order chi connectivity index (χ1) is 9.70. The van der Waals surface area contributed by atoms with Crippen LogP contribution in [0.15, 0.2) is 24.3 Å². The number of rotatable bonds is 5. The van der Waals surface area contributed by atoms with Gasteiger partial charge in [0.2, 0.25) is 5.91 Å². The number of likely N-dealkylation sites (tertiary alicyclic amines) is 1. The number of carbonyl (C=O) groups is 1. The zero-order valence-electron chi connectivity index (χ0n) is 12.0. The third-order valence-corrected chi connectivity index (χ3v) is 4.45. The molecular formula is C16H22BrNO2. The molecule has 1 unspecified atom stereocenters. The summed E-state index contributed by atoms with van der Waals surface area (Å²) in [6.07, 6.45) is 3.90. The molecule has 1 aliphatic rings. The van der Waals surface area contributed by atoms with Crippen LogP contribution in [0.1, 0.15) is 31.2 Å². The van der Waals surface area contributed by atoms with Crippen molar-refractivity contribution in [3.63, 3.8) is 0 Å². The lowest BCUT2D eigenvalue weighted by atomic mass is 10.0. The molecule has 1 aromatic rings. The molecule has 1 atom stereocenters. The smallest absolute Gasteiger partial charge is 0.226 e. The summed E-state index contributed by atoms with van der Waals surface area (Å²) in [4.78, 5) is 14.3. The average Bonchev–Trinajstić information content (AvgIpc) is 2.47. The number of alkyl halides is 1. The van der Waals surface area contributed by atoms with E-state index in [9.17, 15) is 4.79 Å². The summed E-state index contributed by atoms with van der Waals surface area (Å²) >= 11 is 3.51. The van der Waals surface area contributed by atoms with E-state index in [-0.39, 0.29) is 5.91 Å². The van der Waals surface area contributed by atoms with Crippen molar-refractivity contribution in [1.82, 2.24) is 4.90 Å². The molecule has 1 heterocycles. The van der Waals surface area contributed by atoms with E-state index >= 15 is 0 Å². The van der Waals surface area contributed by atoms with Crippen LogP contribution in [0.5, 0.6) is 5.75 Å². The van der Waals surface area contributed by atoms with Gasteiger partial charge in [0.1, 0.15) is 5.75 Å². The van der Waals surface area contributed by atoms with E-state index < -0.39 is 0 Å². The highest BCUT2D eigenvalue weighted by Gasteiger charge is 2.25. The van der Waals surface area contributed by atoms with Gasteiger partial charge in [-0.3, -0.25) is 4.79 Å². The van der Waals surface area contributed by atoms with Crippen molar-refractivity contribution in [1.29, 1.82) is 0 Å². The van der Waals surface area contributed by atoms with Crippen LogP contribution in [0.25, 0.3) is 0 Å². The minimum atomic E-state index is 0.210. The zero-order valence-corrected chi connectivity index (χ0v) is 13.6. The second-order valence-electron chi connectivity index (χ2n) is 5.31. The molecule has 0 aromatic heterocycles. The molecule has 1 fully saturated rings. The Hall–Kier alpha value is -1.03. The van der Waals surface area contributed by atoms with Crippen LogP contribution >= 0.6 is 15.9 Å². The number of halogens is 1. The Morgan fingerprint density at radius 2 is 2.30 bits per heavy atom. The first-order valence-corrected chi connectivity index (χ1v) is 8.38. The SMILES string of the molecule is Cc1cccc(OCCC(=O)N2CCCCC2CBr)c1. The van der Waals surface area contributed by atoms with E-state index in [2.05, 4.69) is 15.9 Å². The van der Waals surface area contributed by atoms with Gasteiger partial charge >= 0.3 is 0 Å². The predicted molar refractivity (Wildman–Crippen MR) is 84.4 cm³/mol. The predicted octanol–water partition coefficient (Wildman–Crippen LogP) is 3.54. The van der Waals surface area contributed by atoms with Crippen molar-refractivity contribution in [2.45, 2.75) is 38.6 Å². The Bertz CT molecular complexity index is 450. The van der Waals surface area contributed by atoms with Crippen LogP contribution in [0.2, 0.25) is 0 Å². The molecule has 2 rings (SSSR count). The van der Waals surface area contributed by atoms with Gasteiger partial charge in [-0.1, -0.05) is 28.1 Å². The average molecular weight is 340 g/mol. The Kier molecular flexibility index (Phi) is 5.89. The minimum Gasteiger partial charge on any atom is -0.493 e. The van der Waals surface area contributed by atoms with Gasteiger partial charge in [-0.2, -0.15) is 0 Å². The van der Waals surface area contributed by atoms with Crippen LogP contribution in [-0.2, 0) is 4.79 Å². The summed E-state index contributed by atoms with van der Waals surface area (Å²) in [5, 5.41) is 0.872. The van der Waals surface area contributed by atoms with Gasteiger partial charge in [-0.15, -0.1) is 0 Å². The zero-order chi connectivity index (χ0) is 14.4. The van der Waals surface area contributed by atoms with E-state index in [0.717, 1.165) is 30.5 Å². The van der Waals surface area contributed by atoms with E-state index in [4.69, 9.17) is 4.74 Å². The van der Waals surface area contributed by atoms with Crippen LogP contribution in [-0.4, -0.2) is 35.3 Å². The molecule has 1 aromatic carbocycles. The highest BCUT2D eigenvalue weighted by molar-refractivity contribution is 9.09. The Morgan fingerprint density at radius 3 is 3.05 bits per heavy atom. The molecule has 1 amide bonds. The van der Waals surface area contributed by atoms with Crippen LogP contribution in [0.4, 0.5) is 0 Å². The van der Waals surface area contributed by atoms with E-state index in [1.165, 1.54) is 12.0 Å². The minimum absolute atomic E-state index is 0.210. The Labute approximate surface area is 129 Å². The van der Waals surface area contributed by atoms with E-state index in [1.807, 2.05) is 36.1 Å². The molecule has 0 spiro atoms. The molecule has 0 radical (unpaired) electrons. The highest BCUT2D eigenvalue weighted by atomic mass is 79.9. The Balaban J connectivity index is 1.79. The molecule has 0 N–H and O–H groups in total. The molecule has 1 saturated heterocycles. The van der Waals surface area contributed by atoms with E-state index in [1.54, 1.807) is 0 Å². The maximum atomic E-state index is 12.2. The lowest BCUT2D eigenvalue weighted by Crippen LogP contribution is -2.45. The quantitative estimate of drug-likeness (QED) is 0.768. The monoisotopic (exact) mass is 339 g/mol. The number of ether oxygens (including phenoxy) is 1. The number of amides is 1. The van der Waals surface area contributed by atoms with Gasteiger partial charge < -0.3 is 9.64 Å². The van der Waals surface area contributed by atoms with Crippen LogP contribution < -0.4 is 4.74 Å². The summed E-state index contributed by atoms with van der Waals surface area (Å²) in [6.45, 7) is 3.37. The lowest BCUT2D eigenvalue weighted by molar-refractivity contribution is -0.134. The number of nitrogens with zero attached hydrogens (tertiary/aromatic N) is 1. The van der Waals surface area contributed by atoms with Gasteiger partial charge in [-0.05, 0) is 43.9 Å². The molecule has 3 nitrogen and oxygen atoms in total. The summed E-state index contributed by atoms with van der Waals surface area (Å²) in [5.41, 5.74) is 1.17. The fourth-order valence-electron chi connectivity index (χ4n) is 2.59. The largest absolute Gasteiger partial charge is 0.493 e. The van der Waals surface area contributed by atoms with Crippen molar-refractivity contribution in [2.75, 3.05) is 18.5 Å². The van der Waals surface area contributed by atoms with Gasteiger partial charge in [0, 0.05) is 17.9 Å². The molecule has 0 saturated carbocycles. The van der Waals surface area contributed by atoms with Crippen molar-refractivity contribution in [3.05, 3.63) is 29.8 Å². The lowest BCUT2D eigenvalue weighted by Gasteiger charge is -2.34. The molecule has 4 heteroatoms. The van der Waals surface area contributed by atoms with E-state index in [0.29, 0.717) is 19.1 Å². The van der Waals surface area contributed by atoms with Gasteiger partial charge in [0.15, 0.2) is 0 Å². The topological polar surface area (TPSA) is 29.5 Å². The molecule has 0 aliphatic carbocycles. The fourth-order valence-corrected chi connectivity index (χ4v) is 3.27. The summed E-state index contributed by atoms with van der Waals surface area (Å²) in [7, 11) is 0. The molecule has 1 aliphatic heterocycles. The first-order valence-electron chi connectivity index (χ1n) is 7.25. The van der Waals surface area contributed by atoms with Crippen molar-refractivity contribution >= 4 is 21.8 Å². The molecule has 110 valence electrons. The molecule has 20 heavy (non-hydrogen) atoms. The normalized spacial score (nSPS) is 18.9. The van der Waals surface area contributed by atoms with Crippen LogP contribution in [0.3, 0.4) is 0 Å². The second-order valence-corrected chi connectivity index (χ2v) is 5.95. The van der Waals surface area contributed by atoms with Crippen molar-refractivity contribution < 1.29 is 9.53 Å². The Morgan fingerprint density at radius 1 is 1.45 bits per heavy atom. The van der Waals surface area contributed by atoms with Crippen molar-refractivity contribution in [3.8, 4) is 5.75 Å². The third kappa shape index (κ3) is 4.23. The number of hydrogen-bond acceptors (Lipinski definition) is 2. The number of benzene rings is 1. The number of carbonyl (C=O) groups excluding carboxylic acids is 1. The number of aryl methyl sites for hydroxylation is 1. The fraction of sp³-hybridized carbons (Fsp3) is 0.562. The number of piperidine rings is 1. The summed E-state index contributed by atoms with van der Waals surface area (Å²) < 4.78 is 5.66. The van der Waals surface area contributed by atoms with Gasteiger partial charge in [0.05, 0.1) is 13.0 Å². The molecule has 0 bridgehead atoms.